The fourth-order valence-corrected chi connectivity index (χ4v) is 5.09. The van der Waals surface area contributed by atoms with Crippen LogP contribution >= 0.6 is 0 Å². The molecule has 4 aliphatic rings. The molecule has 4 rings (SSSR count). The second-order valence-corrected chi connectivity index (χ2v) is 7.70. The number of allylic oxidation sites excluding steroid dienone is 4. The summed E-state index contributed by atoms with van der Waals surface area (Å²) in [5.74, 6) is 0.977. The van der Waals surface area contributed by atoms with E-state index in [4.69, 9.17) is 0 Å². The van der Waals surface area contributed by atoms with Crippen molar-refractivity contribution in [3.05, 3.63) is 24.1 Å². The molecule has 3 nitrogen and oxygen atoms in total. The standard InChI is InChI=1S/C19H27FN2O/c20-16-6-4-14(5-7-16)15-12-17-8-9-18(13-15)22(17)19(23)21-10-2-1-3-11-21/h4,6-7,14-15,17-18H,1-3,5,8-13H2/t14?,15-,17+,18-. The van der Waals surface area contributed by atoms with Gasteiger partial charge in [0, 0.05) is 25.2 Å². The molecule has 126 valence electrons. The second-order valence-electron chi connectivity index (χ2n) is 7.70. The third kappa shape index (κ3) is 2.92. The van der Waals surface area contributed by atoms with Gasteiger partial charge in [-0.2, -0.15) is 0 Å². The number of nitrogens with zero attached hydrogens (tertiary/aromatic N) is 2. The molecule has 0 aromatic rings. The monoisotopic (exact) mass is 318 g/mol. The van der Waals surface area contributed by atoms with Crippen LogP contribution in [0.1, 0.15) is 51.4 Å². The summed E-state index contributed by atoms with van der Waals surface area (Å²) < 4.78 is 13.2. The predicted octanol–water partition coefficient (Wildman–Crippen LogP) is 4.26. The lowest BCUT2D eigenvalue weighted by molar-refractivity contribution is 0.0789. The molecule has 3 aliphatic heterocycles. The molecule has 3 saturated heterocycles. The van der Waals surface area contributed by atoms with Gasteiger partial charge in [-0.1, -0.05) is 6.08 Å². The van der Waals surface area contributed by atoms with E-state index in [2.05, 4.69) is 15.9 Å². The summed E-state index contributed by atoms with van der Waals surface area (Å²) in [5.41, 5.74) is 0. The molecule has 0 saturated carbocycles. The van der Waals surface area contributed by atoms with Crippen LogP contribution in [0, 0.1) is 11.8 Å². The highest BCUT2D eigenvalue weighted by Gasteiger charge is 2.45. The topological polar surface area (TPSA) is 23.6 Å². The van der Waals surface area contributed by atoms with E-state index in [0.717, 1.165) is 58.0 Å². The zero-order valence-electron chi connectivity index (χ0n) is 13.8. The smallest absolute Gasteiger partial charge is 0.320 e. The zero-order valence-corrected chi connectivity index (χ0v) is 13.8. The molecular weight excluding hydrogens is 291 g/mol. The van der Waals surface area contributed by atoms with Crippen LogP contribution in [0.25, 0.3) is 0 Å². The van der Waals surface area contributed by atoms with Gasteiger partial charge >= 0.3 is 6.03 Å². The molecule has 0 spiro atoms. The lowest BCUT2D eigenvalue weighted by Gasteiger charge is -2.44. The van der Waals surface area contributed by atoms with Crippen molar-refractivity contribution in [1.29, 1.82) is 0 Å². The van der Waals surface area contributed by atoms with Crippen LogP contribution in [-0.2, 0) is 0 Å². The Labute approximate surface area is 138 Å². The van der Waals surface area contributed by atoms with Crippen LogP contribution < -0.4 is 0 Å². The molecule has 23 heavy (non-hydrogen) atoms. The molecule has 0 aromatic heterocycles. The maximum absolute atomic E-state index is 13.2. The summed E-state index contributed by atoms with van der Waals surface area (Å²) in [6, 6.07) is 1.12. The average Bonchev–Trinajstić information content (AvgIpc) is 2.85. The molecule has 2 amide bonds. The third-order valence-corrected chi connectivity index (χ3v) is 6.31. The number of likely N-dealkylation sites (tertiary alicyclic amines) is 1. The average molecular weight is 318 g/mol. The Balaban J connectivity index is 1.42. The van der Waals surface area contributed by atoms with Gasteiger partial charge in [0.25, 0.3) is 0 Å². The van der Waals surface area contributed by atoms with Gasteiger partial charge < -0.3 is 9.80 Å². The van der Waals surface area contributed by atoms with Crippen LogP contribution in [0.4, 0.5) is 9.18 Å². The number of carbonyl (C=O) groups is 1. The molecule has 0 N–H and O–H groups in total. The number of halogens is 1. The molecule has 3 heterocycles. The number of hydrogen-bond donors (Lipinski definition) is 0. The van der Waals surface area contributed by atoms with E-state index in [0.29, 0.717) is 30.0 Å². The highest BCUT2D eigenvalue weighted by molar-refractivity contribution is 5.75. The molecule has 4 atom stereocenters. The lowest BCUT2D eigenvalue weighted by atomic mass is 9.78. The zero-order chi connectivity index (χ0) is 15.8. The first-order valence-electron chi connectivity index (χ1n) is 9.33. The van der Waals surface area contributed by atoms with Crippen LogP contribution in [0.3, 0.4) is 0 Å². The number of fused-ring (bicyclic) bond motifs is 2. The van der Waals surface area contributed by atoms with Gasteiger partial charge in [0.05, 0.1) is 0 Å². The van der Waals surface area contributed by atoms with E-state index < -0.39 is 0 Å². The summed E-state index contributed by atoms with van der Waals surface area (Å²) in [6.07, 6.45) is 14.3. The van der Waals surface area contributed by atoms with Crippen molar-refractivity contribution in [1.82, 2.24) is 9.80 Å². The van der Waals surface area contributed by atoms with E-state index in [1.807, 2.05) is 0 Å². The first-order chi connectivity index (χ1) is 11.2. The van der Waals surface area contributed by atoms with Crippen molar-refractivity contribution in [2.45, 2.75) is 63.5 Å². The van der Waals surface area contributed by atoms with E-state index >= 15 is 0 Å². The molecule has 0 aromatic carbocycles. The number of hydrogen-bond acceptors (Lipinski definition) is 1. The minimum absolute atomic E-state index is 0.0954. The fourth-order valence-electron chi connectivity index (χ4n) is 5.09. The van der Waals surface area contributed by atoms with E-state index in [9.17, 15) is 9.18 Å². The van der Waals surface area contributed by atoms with Crippen LogP contribution in [0.2, 0.25) is 0 Å². The molecular formula is C19H27FN2O. The summed E-state index contributed by atoms with van der Waals surface area (Å²) in [4.78, 5) is 17.2. The van der Waals surface area contributed by atoms with Crippen molar-refractivity contribution in [3.8, 4) is 0 Å². The minimum Gasteiger partial charge on any atom is -0.325 e. The maximum atomic E-state index is 13.2. The Bertz CT molecular complexity index is 509. The summed E-state index contributed by atoms with van der Waals surface area (Å²) in [7, 11) is 0. The number of piperidine rings is 2. The fraction of sp³-hybridized carbons (Fsp3) is 0.737. The van der Waals surface area contributed by atoms with E-state index in [1.165, 1.54) is 6.42 Å². The molecule has 3 fully saturated rings. The Morgan fingerprint density at radius 3 is 2.39 bits per heavy atom. The highest BCUT2D eigenvalue weighted by atomic mass is 19.1. The van der Waals surface area contributed by atoms with Gasteiger partial charge in [0.2, 0.25) is 0 Å². The molecule has 4 heteroatoms. The van der Waals surface area contributed by atoms with Gasteiger partial charge in [-0.25, -0.2) is 9.18 Å². The first kappa shape index (κ1) is 15.2. The van der Waals surface area contributed by atoms with Crippen LogP contribution in [-0.4, -0.2) is 41.0 Å². The highest BCUT2D eigenvalue weighted by Crippen LogP contribution is 2.44. The number of carbonyl (C=O) groups excluding carboxylic acids is 1. The van der Waals surface area contributed by atoms with Crippen molar-refractivity contribution in [2.24, 2.45) is 11.8 Å². The van der Waals surface area contributed by atoms with Gasteiger partial charge in [0.15, 0.2) is 0 Å². The van der Waals surface area contributed by atoms with Gasteiger partial charge in [-0.05, 0) is 75.4 Å². The third-order valence-electron chi connectivity index (χ3n) is 6.31. The normalized spacial score (nSPS) is 37.0. The van der Waals surface area contributed by atoms with Crippen molar-refractivity contribution < 1.29 is 9.18 Å². The number of urea groups is 1. The van der Waals surface area contributed by atoms with Gasteiger partial charge in [-0.3, -0.25) is 0 Å². The van der Waals surface area contributed by atoms with Crippen molar-refractivity contribution in [2.75, 3.05) is 13.1 Å². The van der Waals surface area contributed by atoms with Gasteiger partial charge in [0.1, 0.15) is 5.83 Å². The minimum atomic E-state index is -0.0954. The SMILES string of the molecule is O=C(N1CCCCC1)N1[C@@H]2CC[C@H]1C[C@@H](C1C=CC(F)=CC1)C2. The Kier molecular flexibility index (Phi) is 4.16. The van der Waals surface area contributed by atoms with Crippen molar-refractivity contribution >= 4 is 6.03 Å². The predicted molar refractivity (Wildman–Crippen MR) is 88.6 cm³/mol. The summed E-state index contributed by atoms with van der Waals surface area (Å²) in [6.45, 7) is 1.88. The number of rotatable bonds is 1. The van der Waals surface area contributed by atoms with Crippen LogP contribution in [0.5, 0.6) is 0 Å². The molecule has 2 bridgehead atoms. The largest absolute Gasteiger partial charge is 0.325 e. The van der Waals surface area contributed by atoms with Crippen LogP contribution in [0.15, 0.2) is 24.1 Å². The first-order valence-corrected chi connectivity index (χ1v) is 9.33. The molecule has 1 aliphatic carbocycles. The summed E-state index contributed by atoms with van der Waals surface area (Å²) >= 11 is 0. The Morgan fingerprint density at radius 2 is 1.78 bits per heavy atom. The van der Waals surface area contributed by atoms with E-state index in [-0.39, 0.29) is 5.83 Å². The molecule has 1 unspecified atom stereocenters. The quantitative estimate of drug-likeness (QED) is 0.708. The van der Waals surface area contributed by atoms with Gasteiger partial charge in [-0.15, -0.1) is 0 Å². The lowest BCUT2D eigenvalue weighted by Crippen LogP contribution is -2.53. The summed E-state index contributed by atoms with van der Waals surface area (Å²) in [5, 5.41) is 0. The second kappa shape index (κ2) is 6.29. The Hall–Kier alpha value is -1.32. The molecule has 0 radical (unpaired) electrons. The number of amides is 2. The maximum Gasteiger partial charge on any atom is 0.320 e. The van der Waals surface area contributed by atoms with Crippen molar-refractivity contribution in [3.63, 3.8) is 0 Å². The van der Waals surface area contributed by atoms with E-state index in [1.54, 1.807) is 12.2 Å². The Morgan fingerprint density at radius 1 is 1.09 bits per heavy atom.